The van der Waals surface area contributed by atoms with Crippen LogP contribution >= 0.6 is 0 Å². The third-order valence-electron chi connectivity index (χ3n) is 3.17. The van der Waals surface area contributed by atoms with Gasteiger partial charge < -0.3 is 14.6 Å². The Morgan fingerprint density at radius 1 is 1.22 bits per heavy atom. The molecular formula is C17H11FO5. The van der Waals surface area contributed by atoms with Crippen LogP contribution in [0.2, 0.25) is 0 Å². The van der Waals surface area contributed by atoms with Crippen LogP contribution in [0, 0.1) is 5.82 Å². The van der Waals surface area contributed by atoms with Gasteiger partial charge in [0, 0.05) is 6.07 Å². The fourth-order valence-electron chi connectivity index (χ4n) is 2.11. The summed E-state index contributed by atoms with van der Waals surface area (Å²) in [6, 6.07) is 10.1. The molecular weight excluding hydrogens is 303 g/mol. The number of halogens is 1. The van der Waals surface area contributed by atoms with E-state index in [0.717, 1.165) is 0 Å². The molecule has 1 aliphatic rings. The average molecular weight is 314 g/mol. The monoisotopic (exact) mass is 314 g/mol. The van der Waals surface area contributed by atoms with Gasteiger partial charge in [0.05, 0.1) is 5.56 Å². The maximum absolute atomic E-state index is 12.9. The molecule has 1 aliphatic heterocycles. The molecule has 2 aromatic carbocycles. The molecule has 0 saturated heterocycles. The second kappa shape index (κ2) is 5.92. The number of carboxylic acid groups (broad SMARTS) is 1. The second-order valence-electron chi connectivity index (χ2n) is 4.83. The summed E-state index contributed by atoms with van der Waals surface area (Å²) in [6.07, 6.45) is 1.51. The molecule has 0 amide bonds. The third kappa shape index (κ3) is 3.21. The number of benzene rings is 2. The van der Waals surface area contributed by atoms with Crippen molar-refractivity contribution >= 4 is 17.8 Å². The fourth-order valence-corrected chi connectivity index (χ4v) is 2.11. The van der Waals surface area contributed by atoms with Gasteiger partial charge in [-0.25, -0.2) is 9.18 Å². The smallest absolute Gasteiger partial charge is 0.341 e. The predicted octanol–water partition coefficient (Wildman–Crippen LogP) is 2.91. The highest BCUT2D eigenvalue weighted by Gasteiger charge is 2.27. The van der Waals surface area contributed by atoms with E-state index in [0.29, 0.717) is 22.6 Å². The van der Waals surface area contributed by atoms with Crippen LogP contribution in [0.5, 0.6) is 11.5 Å². The number of carboxylic acids is 1. The van der Waals surface area contributed by atoms with Gasteiger partial charge in [-0.15, -0.1) is 0 Å². The van der Waals surface area contributed by atoms with Gasteiger partial charge in [-0.3, -0.25) is 4.79 Å². The van der Waals surface area contributed by atoms with Gasteiger partial charge in [0.2, 0.25) is 5.78 Å². The first-order valence-electron chi connectivity index (χ1n) is 6.71. The summed E-state index contributed by atoms with van der Waals surface area (Å²) in [5.41, 5.74) is 0.992. The molecule has 0 unspecified atom stereocenters. The van der Waals surface area contributed by atoms with E-state index in [-0.39, 0.29) is 17.4 Å². The number of hydrogen-bond donors (Lipinski definition) is 1. The van der Waals surface area contributed by atoms with Crippen molar-refractivity contribution in [1.29, 1.82) is 0 Å². The van der Waals surface area contributed by atoms with Crippen molar-refractivity contribution in [1.82, 2.24) is 0 Å². The van der Waals surface area contributed by atoms with E-state index in [1.165, 1.54) is 48.5 Å². The Balaban J connectivity index is 1.83. The summed E-state index contributed by atoms with van der Waals surface area (Å²) in [5.74, 6) is -1.06. The number of Topliss-reactive ketones (excluding diaryl/α,β-unsaturated/α-hetero) is 1. The van der Waals surface area contributed by atoms with Gasteiger partial charge in [0.15, 0.2) is 12.4 Å². The zero-order valence-electron chi connectivity index (χ0n) is 11.8. The maximum atomic E-state index is 12.9. The molecule has 0 aromatic heterocycles. The number of carbonyl (C=O) groups is 2. The topological polar surface area (TPSA) is 72.8 Å². The molecule has 0 aliphatic carbocycles. The first kappa shape index (κ1) is 14.8. The van der Waals surface area contributed by atoms with E-state index in [1.54, 1.807) is 0 Å². The Bertz CT molecular complexity index is 808. The number of allylic oxidation sites excluding steroid dienone is 1. The molecule has 1 N–H and O–H groups in total. The Kier molecular flexibility index (Phi) is 3.80. The molecule has 0 radical (unpaired) electrons. The van der Waals surface area contributed by atoms with Gasteiger partial charge in [0.1, 0.15) is 17.3 Å². The largest absolute Gasteiger partial charge is 0.482 e. The summed E-state index contributed by atoms with van der Waals surface area (Å²) < 4.78 is 23.4. The molecule has 0 spiro atoms. The van der Waals surface area contributed by atoms with Gasteiger partial charge in [-0.2, -0.15) is 0 Å². The van der Waals surface area contributed by atoms with Crippen LogP contribution in [-0.4, -0.2) is 23.5 Å². The van der Waals surface area contributed by atoms with E-state index in [9.17, 15) is 14.0 Å². The van der Waals surface area contributed by atoms with E-state index in [2.05, 4.69) is 0 Å². The minimum Gasteiger partial charge on any atom is -0.482 e. The molecule has 5 nitrogen and oxygen atoms in total. The lowest BCUT2D eigenvalue weighted by Gasteiger charge is -2.04. The van der Waals surface area contributed by atoms with Crippen molar-refractivity contribution in [2.45, 2.75) is 0 Å². The van der Waals surface area contributed by atoms with Crippen molar-refractivity contribution < 1.29 is 28.6 Å². The van der Waals surface area contributed by atoms with Gasteiger partial charge in [-0.1, -0.05) is 12.1 Å². The van der Waals surface area contributed by atoms with Crippen molar-refractivity contribution in [2.75, 3.05) is 6.61 Å². The Morgan fingerprint density at radius 3 is 2.65 bits per heavy atom. The van der Waals surface area contributed by atoms with Crippen LogP contribution in [0.15, 0.2) is 48.2 Å². The first-order chi connectivity index (χ1) is 11.0. The van der Waals surface area contributed by atoms with Crippen LogP contribution in [0.1, 0.15) is 15.9 Å². The summed E-state index contributed by atoms with van der Waals surface area (Å²) >= 11 is 0. The molecule has 0 atom stereocenters. The number of fused-ring (bicyclic) bond motifs is 1. The van der Waals surface area contributed by atoms with Crippen LogP contribution in [0.25, 0.3) is 6.08 Å². The van der Waals surface area contributed by atoms with Gasteiger partial charge in [0.25, 0.3) is 0 Å². The van der Waals surface area contributed by atoms with Crippen LogP contribution in [0.4, 0.5) is 4.39 Å². The standard InChI is InChI=1S/C17H11FO5/c18-11-3-1-10(2-4-11)7-15-17(21)13-6-5-12(8-14(13)23-15)22-9-16(19)20/h1-8H,9H2,(H,19,20)/b15-7+. The Hall–Kier alpha value is -3.15. The van der Waals surface area contributed by atoms with Gasteiger partial charge >= 0.3 is 5.97 Å². The molecule has 3 rings (SSSR count). The lowest BCUT2D eigenvalue weighted by molar-refractivity contribution is -0.139. The van der Waals surface area contributed by atoms with E-state index >= 15 is 0 Å². The molecule has 1 heterocycles. The fraction of sp³-hybridized carbons (Fsp3) is 0.0588. The molecule has 0 bridgehead atoms. The highest BCUT2D eigenvalue weighted by atomic mass is 19.1. The molecule has 6 heteroatoms. The summed E-state index contributed by atoms with van der Waals surface area (Å²) in [4.78, 5) is 22.7. The highest BCUT2D eigenvalue weighted by molar-refractivity contribution is 6.14. The molecule has 116 valence electrons. The van der Waals surface area contributed by atoms with Crippen molar-refractivity contribution in [2.24, 2.45) is 0 Å². The summed E-state index contributed by atoms with van der Waals surface area (Å²) in [7, 11) is 0. The number of hydrogen-bond acceptors (Lipinski definition) is 4. The minimum atomic E-state index is -1.10. The van der Waals surface area contributed by atoms with Gasteiger partial charge in [-0.05, 0) is 35.9 Å². The van der Waals surface area contributed by atoms with E-state index in [4.69, 9.17) is 14.6 Å². The molecule has 23 heavy (non-hydrogen) atoms. The van der Waals surface area contributed by atoms with Crippen LogP contribution in [0.3, 0.4) is 0 Å². The Morgan fingerprint density at radius 2 is 1.96 bits per heavy atom. The lowest BCUT2D eigenvalue weighted by atomic mass is 10.1. The number of ketones is 1. The predicted molar refractivity (Wildman–Crippen MR) is 78.9 cm³/mol. The van der Waals surface area contributed by atoms with Crippen molar-refractivity contribution in [3.8, 4) is 11.5 Å². The lowest BCUT2D eigenvalue weighted by Crippen LogP contribution is -2.09. The highest BCUT2D eigenvalue weighted by Crippen LogP contribution is 2.34. The number of aliphatic carboxylic acids is 1. The minimum absolute atomic E-state index is 0.113. The second-order valence-corrected chi connectivity index (χ2v) is 4.83. The van der Waals surface area contributed by atoms with Crippen molar-refractivity contribution in [3.05, 3.63) is 65.2 Å². The Labute approximate surface area is 130 Å². The van der Waals surface area contributed by atoms with E-state index in [1.807, 2.05) is 0 Å². The van der Waals surface area contributed by atoms with E-state index < -0.39 is 12.6 Å². The quantitative estimate of drug-likeness (QED) is 0.879. The maximum Gasteiger partial charge on any atom is 0.341 e. The third-order valence-corrected chi connectivity index (χ3v) is 3.17. The first-order valence-corrected chi connectivity index (χ1v) is 6.71. The summed E-state index contributed by atoms with van der Waals surface area (Å²) in [6.45, 7) is -0.481. The summed E-state index contributed by atoms with van der Waals surface area (Å²) in [5, 5.41) is 8.59. The van der Waals surface area contributed by atoms with Crippen molar-refractivity contribution in [3.63, 3.8) is 0 Å². The molecule has 0 fully saturated rings. The van der Waals surface area contributed by atoms with Crippen LogP contribution in [-0.2, 0) is 4.79 Å². The molecule has 2 aromatic rings. The zero-order chi connectivity index (χ0) is 16.4. The zero-order valence-corrected chi connectivity index (χ0v) is 11.8. The number of rotatable bonds is 4. The molecule has 0 saturated carbocycles. The SMILES string of the molecule is O=C(O)COc1ccc2c(c1)O/C(=C/c1ccc(F)cc1)C2=O. The average Bonchev–Trinajstić information content (AvgIpc) is 2.83. The van der Waals surface area contributed by atoms with Crippen LogP contribution < -0.4 is 9.47 Å². The normalized spacial score (nSPS) is 14.5. The number of ether oxygens (including phenoxy) is 2. The number of carbonyl (C=O) groups excluding carboxylic acids is 1.